The van der Waals surface area contributed by atoms with Gasteiger partial charge in [-0.1, -0.05) is 13.3 Å². The Morgan fingerprint density at radius 2 is 2.06 bits per heavy atom. The van der Waals surface area contributed by atoms with Crippen molar-refractivity contribution in [2.75, 3.05) is 39.3 Å². The molecule has 98 valence electrons. The third kappa shape index (κ3) is 3.68. The van der Waals surface area contributed by atoms with E-state index in [2.05, 4.69) is 15.5 Å². The van der Waals surface area contributed by atoms with Gasteiger partial charge in [0.05, 0.1) is 0 Å². The van der Waals surface area contributed by atoms with E-state index in [1.54, 1.807) is 0 Å². The summed E-state index contributed by atoms with van der Waals surface area (Å²) in [5, 5.41) is 6.29. The normalized spacial score (nSPS) is 24.1. The summed E-state index contributed by atoms with van der Waals surface area (Å²) in [6.45, 7) is 8.28. The molecule has 0 aromatic rings. The molecule has 2 rings (SSSR count). The Bertz CT molecular complexity index is 247. The molecule has 1 atom stereocenters. The van der Waals surface area contributed by atoms with Gasteiger partial charge in [0.2, 0.25) is 5.91 Å². The zero-order valence-corrected chi connectivity index (χ0v) is 10.9. The number of carbonyl (C=O) groups is 1. The Hall–Kier alpha value is -0.610. The van der Waals surface area contributed by atoms with Crippen molar-refractivity contribution in [3.8, 4) is 0 Å². The van der Waals surface area contributed by atoms with E-state index in [0.29, 0.717) is 5.92 Å². The highest BCUT2D eigenvalue weighted by Crippen LogP contribution is 2.15. The van der Waals surface area contributed by atoms with Gasteiger partial charge in [-0.05, 0) is 44.9 Å². The Morgan fingerprint density at radius 3 is 2.65 bits per heavy atom. The average Bonchev–Trinajstić information content (AvgIpc) is 2.28. The molecule has 2 aliphatic heterocycles. The van der Waals surface area contributed by atoms with Crippen LogP contribution < -0.4 is 10.6 Å². The minimum absolute atomic E-state index is 0.164. The lowest BCUT2D eigenvalue weighted by Crippen LogP contribution is -2.50. The van der Waals surface area contributed by atoms with E-state index < -0.39 is 0 Å². The fourth-order valence-corrected chi connectivity index (χ4v) is 2.56. The molecule has 2 aliphatic rings. The van der Waals surface area contributed by atoms with E-state index in [9.17, 15) is 4.79 Å². The first-order valence-electron chi connectivity index (χ1n) is 6.98. The van der Waals surface area contributed by atoms with Gasteiger partial charge in [0.15, 0.2) is 0 Å². The highest BCUT2D eigenvalue weighted by atomic mass is 16.1. The maximum Gasteiger partial charge on any atom is 0.223 e. The van der Waals surface area contributed by atoms with Crippen molar-refractivity contribution in [2.24, 2.45) is 11.8 Å². The van der Waals surface area contributed by atoms with Crippen molar-refractivity contribution in [1.29, 1.82) is 0 Å². The molecule has 4 nitrogen and oxygen atoms in total. The van der Waals surface area contributed by atoms with Crippen molar-refractivity contribution in [1.82, 2.24) is 15.5 Å². The summed E-state index contributed by atoms with van der Waals surface area (Å²) in [4.78, 5) is 14.3. The van der Waals surface area contributed by atoms with E-state index in [0.717, 1.165) is 26.2 Å². The van der Waals surface area contributed by atoms with Crippen molar-refractivity contribution >= 4 is 5.91 Å². The summed E-state index contributed by atoms with van der Waals surface area (Å²) in [7, 11) is 0. The topological polar surface area (TPSA) is 44.4 Å². The number of rotatable bonds is 5. The minimum atomic E-state index is 0.164. The Morgan fingerprint density at radius 1 is 1.35 bits per heavy atom. The zero-order chi connectivity index (χ0) is 12.1. The monoisotopic (exact) mass is 239 g/mol. The molecule has 2 N–H and O–H groups in total. The smallest absolute Gasteiger partial charge is 0.223 e. The van der Waals surface area contributed by atoms with Gasteiger partial charge in [-0.3, -0.25) is 4.79 Å². The second kappa shape index (κ2) is 6.36. The van der Waals surface area contributed by atoms with Crippen LogP contribution in [0.25, 0.3) is 0 Å². The van der Waals surface area contributed by atoms with Gasteiger partial charge in [0.25, 0.3) is 0 Å². The van der Waals surface area contributed by atoms with Crippen LogP contribution in [-0.2, 0) is 4.79 Å². The lowest BCUT2D eigenvalue weighted by Gasteiger charge is -2.32. The second-order valence-electron chi connectivity index (χ2n) is 5.40. The number of amides is 1. The van der Waals surface area contributed by atoms with Crippen LogP contribution in [0.15, 0.2) is 0 Å². The molecule has 2 saturated heterocycles. The Kier molecular flexibility index (Phi) is 4.80. The molecule has 0 radical (unpaired) electrons. The van der Waals surface area contributed by atoms with E-state index in [4.69, 9.17) is 0 Å². The van der Waals surface area contributed by atoms with Gasteiger partial charge in [-0.2, -0.15) is 0 Å². The fraction of sp³-hybridized carbons (Fsp3) is 0.923. The van der Waals surface area contributed by atoms with Crippen LogP contribution in [0, 0.1) is 11.8 Å². The molecular formula is C13H25N3O. The van der Waals surface area contributed by atoms with Crippen LogP contribution >= 0.6 is 0 Å². The van der Waals surface area contributed by atoms with Gasteiger partial charge in [0, 0.05) is 19.0 Å². The van der Waals surface area contributed by atoms with Crippen LogP contribution in [-0.4, -0.2) is 50.1 Å². The number of likely N-dealkylation sites (tertiary alicyclic amines) is 1. The predicted molar refractivity (Wildman–Crippen MR) is 68.8 cm³/mol. The van der Waals surface area contributed by atoms with E-state index in [-0.39, 0.29) is 11.8 Å². The summed E-state index contributed by atoms with van der Waals surface area (Å²) in [5.41, 5.74) is 0. The second-order valence-corrected chi connectivity index (χ2v) is 5.40. The number of nitrogens with one attached hydrogen (secondary N) is 2. The number of piperidine rings is 1. The highest BCUT2D eigenvalue weighted by molar-refractivity contribution is 5.78. The van der Waals surface area contributed by atoms with E-state index in [1.807, 2.05) is 6.92 Å². The largest absolute Gasteiger partial charge is 0.355 e. The zero-order valence-electron chi connectivity index (χ0n) is 10.9. The molecule has 2 heterocycles. The number of carbonyl (C=O) groups excluding carboxylic acids is 1. The van der Waals surface area contributed by atoms with Crippen LogP contribution in [0.4, 0.5) is 0 Å². The van der Waals surface area contributed by atoms with Crippen molar-refractivity contribution < 1.29 is 4.79 Å². The number of hydrogen-bond acceptors (Lipinski definition) is 3. The first-order chi connectivity index (χ1) is 8.27. The molecular weight excluding hydrogens is 214 g/mol. The Labute approximate surface area is 104 Å². The standard InChI is InChI=1S/C13H25N3O/c1-11(12-9-14-10-12)13(17)15-5-8-16-6-3-2-4-7-16/h11-12,14H,2-10H2,1H3,(H,15,17). The predicted octanol–water partition coefficient (Wildman–Crippen LogP) is 0.444. The van der Waals surface area contributed by atoms with E-state index in [1.165, 1.54) is 32.4 Å². The van der Waals surface area contributed by atoms with Crippen LogP contribution in [0.3, 0.4) is 0 Å². The highest BCUT2D eigenvalue weighted by Gasteiger charge is 2.28. The van der Waals surface area contributed by atoms with Crippen LogP contribution in [0.2, 0.25) is 0 Å². The quantitative estimate of drug-likeness (QED) is 0.732. The molecule has 1 unspecified atom stereocenters. The van der Waals surface area contributed by atoms with Gasteiger partial charge in [0.1, 0.15) is 0 Å². The van der Waals surface area contributed by atoms with Crippen molar-refractivity contribution in [3.05, 3.63) is 0 Å². The molecule has 0 aliphatic carbocycles. The van der Waals surface area contributed by atoms with Gasteiger partial charge in [-0.25, -0.2) is 0 Å². The van der Waals surface area contributed by atoms with Crippen LogP contribution in [0.5, 0.6) is 0 Å². The maximum absolute atomic E-state index is 11.9. The van der Waals surface area contributed by atoms with Crippen LogP contribution in [0.1, 0.15) is 26.2 Å². The first-order valence-corrected chi connectivity index (χ1v) is 6.98. The summed E-state index contributed by atoms with van der Waals surface area (Å²) < 4.78 is 0. The lowest BCUT2D eigenvalue weighted by atomic mass is 9.88. The molecule has 0 bridgehead atoms. The van der Waals surface area contributed by atoms with Gasteiger partial charge in [-0.15, -0.1) is 0 Å². The molecule has 1 amide bonds. The third-order valence-corrected chi connectivity index (χ3v) is 4.11. The minimum Gasteiger partial charge on any atom is -0.355 e. The summed E-state index contributed by atoms with van der Waals surface area (Å²) in [6.07, 6.45) is 4.00. The summed E-state index contributed by atoms with van der Waals surface area (Å²) >= 11 is 0. The molecule has 17 heavy (non-hydrogen) atoms. The molecule has 0 spiro atoms. The maximum atomic E-state index is 11.9. The fourth-order valence-electron chi connectivity index (χ4n) is 2.56. The molecule has 0 aromatic heterocycles. The van der Waals surface area contributed by atoms with Crippen molar-refractivity contribution in [2.45, 2.75) is 26.2 Å². The lowest BCUT2D eigenvalue weighted by molar-refractivity contribution is -0.126. The molecule has 2 fully saturated rings. The average molecular weight is 239 g/mol. The number of hydrogen-bond donors (Lipinski definition) is 2. The Balaban J connectivity index is 1.58. The van der Waals surface area contributed by atoms with Gasteiger partial charge >= 0.3 is 0 Å². The summed E-state index contributed by atoms with van der Waals surface area (Å²) in [6, 6.07) is 0. The summed E-state index contributed by atoms with van der Waals surface area (Å²) in [5.74, 6) is 0.941. The van der Waals surface area contributed by atoms with Gasteiger partial charge < -0.3 is 15.5 Å². The molecule has 0 aromatic carbocycles. The SMILES string of the molecule is CC(C(=O)NCCN1CCCCC1)C1CNC1. The van der Waals surface area contributed by atoms with Crippen molar-refractivity contribution in [3.63, 3.8) is 0 Å². The van der Waals surface area contributed by atoms with E-state index >= 15 is 0 Å². The third-order valence-electron chi connectivity index (χ3n) is 4.11. The first kappa shape index (κ1) is 12.8. The molecule has 0 saturated carbocycles. The number of nitrogens with zero attached hydrogens (tertiary/aromatic N) is 1. The molecule has 4 heteroatoms.